The van der Waals surface area contributed by atoms with Crippen molar-refractivity contribution in [3.8, 4) is 0 Å². The predicted molar refractivity (Wildman–Crippen MR) is 19.6 cm³/mol. The summed E-state index contributed by atoms with van der Waals surface area (Å²) in [6.07, 6.45) is 0. The third-order valence-corrected chi connectivity index (χ3v) is 0. The second-order valence-corrected chi connectivity index (χ2v) is 0.335. The zero-order valence-electron chi connectivity index (χ0n) is 10.9. The van der Waals surface area contributed by atoms with Gasteiger partial charge in [0.2, 0.25) is 0 Å². The molecule has 0 saturated carbocycles. The van der Waals surface area contributed by atoms with Crippen LogP contribution in [0.25, 0.3) is 0 Å². The Hall–Kier alpha value is -0.0400. The summed E-state index contributed by atoms with van der Waals surface area (Å²) in [7, 11) is 0. The van der Waals surface area contributed by atoms with Crippen LogP contribution in [0.1, 0.15) is 12.3 Å². The third kappa shape index (κ3) is 1130. The molecule has 0 N–H and O–H groups in total. The van der Waals surface area contributed by atoms with Crippen LogP contribution >= 0.6 is 0 Å². The minimum absolute atomic E-state index is 0.438. The number of hydrogen-bond donors (Lipinski definition) is 0. The Kier molecular flexibility index (Phi) is 0.0787. The quantitative estimate of drug-likeness (QED) is 0.391. The SMILES string of the molecule is [2H]C([2H])([2H])N(C([2H])([2H])[2H])C([2H])([2H])[2H]. The van der Waals surface area contributed by atoms with Crippen LogP contribution in [0.3, 0.4) is 0 Å². The highest BCUT2D eigenvalue weighted by molar-refractivity contribution is 4.09. The van der Waals surface area contributed by atoms with Crippen molar-refractivity contribution >= 4 is 0 Å². The molecule has 0 aromatic rings. The van der Waals surface area contributed by atoms with Crippen molar-refractivity contribution in [3.05, 3.63) is 0 Å². The molecule has 0 aliphatic rings. The van der Waals surface area contributed by atoms with E-state index in [2.05, 4.69) is 0 Å². The molecule has 0 radical (unpaired) electrons. The Morgan fingerprint density at radius 1 is 1.50 bits per heavy atom. The highest BCUT2D eigenvalue weighted by atomic mass is 15.0. The van der Waals surface area contributed by atoms with Gasteiger partial charge in [-0.2, -0.15) is 0 Å². The molecular weight excluding hydrogens is 50.0 g/mol. The Balaban J connectivity index is 5.02. The molecule has 0 aliphatic heterocycles. The highest BCUT2D eigenvalue weighted by Crippen LogP contribution is 1.47. The molecule has 0 rings (SSSR count). The summed E-state index contributed by atoms with van der Waals surface area (Å²) in [5.41, 5.74) is 0. The van der Waals surface area contributed by atoms with Gasteiger partial charge in [0.1, 0.15) is 0 Å². The van der Waals surface area contributed by atoms with Gasteiger partial charge < -0.3 is 4.90 Å². The molecule has 1 nitrogen and oxygen atoms in total. The van der Waals surface area contributed by atoms with Gasteiger partial charge in [0.25, 0.3) is 0 Å². The zero-order valence-corrected chi connectivity index (χ0v) is 1.95. The summed E-state index contributed by atoms with van der Waals surface area (Å²) in [4.78, 5) is -0.438. The first-order chi connectivity index (χ1) is 5.37. The largest absolute Gasteiger partial charge is 0.312 e. The van der Waals surface area contributed by atoms with Crippen molar-refractivity contribution in [2.45, 2.75) is 0 Å². The van der Waals surface area contributed by atoms with E-state index in [1.165, 1.54) is 0 Å². The maximum atomic E-state index is 6.74. The normalized spacial score (nSPS) is 51.8. The van der Waals surface area contributed by atoms with Crippen molar-refractivity contribution in [2.24, 2.45) is 0 Å². The van der Waals surface area contributed by atoms with Gasteiger partial charge in [0.05, 0.1) is 0 Å². The lowest BCUT2D eigenvalue weighted by molar-refractivity contribution is 0.505. The van der Waals surface area contributed by atoms with E-state index in [1.54, 1.807) is 0 Å². The van der Waals surface area contributed by atoms with Gasteiger partial charge >= 0.3 is 0 Å². The topological polar surface area (TPSA) is 3.24 Å². The molecule has 0 aromatic heterocycles. The second-order valence-electron chi connectivity index (χ2n) is 0.335. The van der Waals surface area contributed by atoms with E-state index in [1.807, 2.05) is 0 Å². The first kappa shape index (κ1) is 0.243. The summed E-state index contributed by atoms with van der Waals surface area (Å²) in [6, 6.07) is 0. The lowest BCUT2D eigenvalue weighted by Crippen LogP contribution is -1.99. The van der Waals surface area contributed by atoms with Crippen LogP contribution in [-0.2, 0) is 0 Å². The van der Waals surface area contributed by atoms with E-state index < -0.39 is 25.8 Å². The van der Waals surface area contributed by atoms with Gasteiger partial charge in [0, 0.05) is 12.3 Å². The molecule has 0 atom stereocenters. The molecule has 0 fully saturated rings. The molecule has 1 heteroatoms. The average Bonchev–Trinajstić information content (AvgIpc) is 1.44. The molecule has 0 aliphatic carbocycles. The summed E-state index contributed by atoms with van der Waals surface area (Å²) < 4.78 is 60.7. The van der Waals surface area contributed by atoms with Crippen LogP contribution in [0.15, 0.2) is 0 Å². The molecule has 4 heavy (non-hydrogen) atoms. The fraction of sp³-hybridized carbons (Fsp3) is 1.00. The van der Waals surface area contributed by atoms with E-state index in [9.17, 15) is 0 Å². The van der Waals surface area contributed by atoms with Crippen LogP contribution in [0, 0.1) is 0 Å². The number of rotatable bonds is 0. The Morgan fingerprint density at radius 3 is 2.00 bits per heavy atom. The van der Waals surface area contributed by atoms with Crippen molar-refractivity contribution in [2.75, 3.05) is 20.9 Å². The number of hydrogen-bond acceptors (Lipinski definition) is 1. The van der Waals surface area contributed by atoms with Crippen molar-refractivity contribution < 1.29 is 12.3 Å². The van der Waals surface area contributed by atoms with Crippen LogP contribution in [0.5, 0.6) is 0 Å². The van der Waals surface area contributed by atoms with Crippen LogP contribution in [0.2, 0.25) is 0 Å². The van der Waals surface area contributed by atoms with Gasteiger partial charge in [-0.3, -0.25) is 0 Å². The Morgan fingerprint density at radius 2 is 2.00 bits per heavy atom. The summed E-state index contributed by atoms with van der Waals surface area (Å²) in [5.74, 6) is 0. The lowest BCUT2D eigenvalue weighted by Gasteiger charge is -1.90. The molecule has 26 valence electrons. The van der Waals surface area contributed by atoms with Crippen molar-refractivity contribution in [1.82, 2.24) is 4.90 Å². The molecule has 0 heterocycles. The minimum Gasteiger partial charge on any atom is -0.312 e. The highest BCUT2D eigenvalue weighted by Gasteiger charge is 1.58. The van der Waals surface area contributed by atoms with Gasteiger partial charge in [-0.1, -0.05) is 0 Å². The second kappa shape index (κ2) is 1.30. The molecular formula is C3H9N. The van der Waals surface area contributed by atoms with E-state index in [0.717, 1.165) is 0 Å². The fourth-order valence-electron chi connectivity index (χ4n) is 0. The molecule has 0 amide bonds. The third-order valence-electron chi connectivity index (χ3n) is 0. The van der Waals surface area contributed by atoms with Crippen molar-refractivity contribution in [1.29, 1.82) is 0 Å². The number of nitrogens with zero attached hydrogens (tertiary/aromatic N) is 1. The van der Waals surface area contributed by atoms with Gasteiger partial charge in [0.15, 0.2) is 0 Å². The van der Waals surface area contributed by atoms with Gasteiger partial charge in [-0.15, -0.1) is 0 Å². The molecule has 0 unspecified atom stereocenters. The summed E-state index contributed by atoms with van der Waals surface area (Å²) in [5, 5.41) is 0. The Labute approximate surface area is 39.9 Å². The standard InChI is InChI=1S/C3H9N/c1-4(2)3/h1-3H3/i1D3,2D3,3D3. The van der Waals surface area contributed by atoms with E-state index in [-0.39, 0.29) is 0 Å². The van der Waals surface area contributed by atoms with Gasteiger partial charge in [-0.05, 0) is 20.9 Å². The zero-order chi connectivity index (χ0) is 11.1. The van der Waals surface area contributed by atoms with Crippen LogP contribution in [0.4, 0.5) is 0 Å². The monoisotopic (exact) mass is 68.1 g/mol. The minimum atomic E-state index is -3.16. The van der Waals surface area contributed by atoms with E-state index in [4.69, 9.17) is 12.3 Å². The fourth-order valence-corrected chi connectivity index (χ4v) is 0. The molecule has 0 bridgehead atoms. The lowest BCUT2D eigenvalue weighted by atomic mass is 11.0. The smallest absolute Gasteiger partial charge is 0.0394 e. The predicted octanol–water partition coefficient (Wildman–Crippen LogP) is 0.178. The summed E-state index contributed by atoms with van der Waals surface area (Å²) in [6.45, 7) is -9.47. The summed E-state index contributed by atoms with van der Waals surface area (Å²) >= 11 is 0. The van der Waals surface area contributed by atoms with Crippen molar-refractivity contribution in [3.63, 3.8) is 0 Å². The maximum Gasteiger partial charge on any atom is 0.0394 e. The molecule has 0 spiro atoms. The van der Waals surface area contributed by atoms with Crippen LogP contribution in [-0.4, -0.2) is 25.8 Å². The molecule has 0 aromatic carbocycles. The van der Waals surface area contributed by atoms with E-state index >= 15 is 0 Å². The Bertz CT molecular complexity index is 137. The van der Waals surface area contributed by atoms with Crippen LogP contribution < -0.4 is 0 Å². The first-order valence-corrected chi connectivity index (χ1v) is 0.671. The maximum absolute atomic E-state index is 6.74. The van der Waals surface area contributed by atoms with E-state index in [0.29, 0.717) is 0 Å². The molecule has 0 saturated heterocycles. The average molecular weight is 68.2 g/mol. The first-order valence-electron chi connectivity index (χ1n) is 5.17. The van der Waals surface area contributed by atoms with Gasteiger partial charge in [-0.25, -0.2) is 0 Å².